The van der Waals surface area contributed by atoms with Crippen LogP contribution in [0.15, 0.2) is 24.3 Å². The lowest BCUT2D eigenvalue weighted by molar-refractivity contribution is -0.121. The van der Waals surface area contributed by atoms with Crippen LogP contribution in [0.1, 0.15) is 38.7 Å². The highest BCUT2D eigenvalue weighted by molar-refractivity contribution is 5.93. The van der Waals surface area contributed by atoms with Gasteiger partial charge in [0.25, 0.3) is 0 Å². The van der Waals surface area contributed by atoms with Crippen molar-refractivity contribution in [1.29, 1.82) is 0 Å². The van der Waals surface area contributed by atoms with Gasteiger partial charge in [-0.15, -0.1) is 0 Å². The van der Waals surface area contributed by atoms with Crippen LogP contribution in [0.3, 0.4) is 0 Å². The monoisotopic (exact) mass is 302 g/mol. The second-order valence-corrected chi connectivity index (χ2v) is 6.98. The van der Waals surface area contributed by atoms with Crippen LogP contribution in [0.25, 0.3) is 0 Å². The van der Waals surface area contributed by atoms with Crippen molar-refractivity contribution in [2.45, 2.75) is 51.9 Å². The highest BCUT2D eigenvalue weighted by atomic mass is 16.5. The van der Waals surface area contributed by atoms with Gasteiger partial charge in [-0.1, -0.05) is 12.1 Å². The van der Waals surface area contributed by atoms with Gasteiger partial charge in [0, 0.05) is 11.7 Å². The second kappa shape index (κ2) is 6.39. The van der Waals surface area contributed by atoms with E-state index in [1.165, 1.54) is 6.42 Å². The molecule has 4 heteroatoms. The number of fused-ring (bicyclic) bond motifs is 2. The molecule has 2 aliphatic rings. The van der Waals surface area contributed by atoms with Gasteiger partial charge in [-0.3, -0.25) is 4.79 Å². The molecule has 2 fully saturated rings. The molecule has 3 N–H and O–H groups in total. The van der Waals surface area contributed by atoms with Crippen LogP contribution in [0, 0.1) is 17.8 Å². The lowest BCUT2D eigenvalue weighted by Crippen LogP contribution is -2.42. The summed E-state index contributed by atoms with van der Waals surface area (Å²) < 4.78 is 5.57. The van der Waals surface area contributed by atoms with Crippen molar-refractivity contribution in [2.24, 2.45) is 23.5 Å². The summed E-state index contributed by atoms with van der Waals surface area (Å²) in [6.07, 6.45) is 3.70. The highest BCUT2D eigenvalue weighted by Crippen LogP contribution is 2.47. The lowest BCUT2D eigenvalue weighted by Gasteiger charge is -2.27. The molecule has 0 aliphatic heterocycles. The van der Waals surface area contributed by atoms with Crippen molar-refractivity contribution in [2.75, 3.05) is 5.32 Å². The zero-order chi connectivity index (χ0) is 15.7. The summed E-state index contributed by atoms with van der Waals surface area (Å²) in [5, 5.41) is 3.03. The maximum absolute atomic E-state index is 12.5. The third-order valence-corrected chi connectivity index (χ3v) is 5.09. The molecule has 4 unspecified atom stereocenters. The Morgan fingerprint density at radius 2 is 1.95 bits per heavy atom. The van der Waals surface area contributed by atoms with E-state index in [2.05, 4.69) is 5.32 Å². The van der Waals surface area contributed by atoms with Gasteiger partial charge in [0.1, 0.15) is 0 Å². The minimum Gasteiger partial charge on any atom is -0.374 e. The van der Waals surface area contributed by atoms with E-state index < -0.39 is 0 Å². The average Bonchev–Trinajstić information content (AvgIpc) is 3.07. The molecule has 0 heterocycles. The normalized spacial score (nSPS) is 30.0. The lowest BCUT2D eigenvalue weighted by atomic mass is 9.84. The number of amides is 1. The van der Waals surface area contributed by atoms with E-state index in [9.17, 15) is 4.79 Å². The number of ether oxygens (including phenoxy) is 1. The number of carbonyl (C=O) groups is 1. The number of hydrogen-bond acceptors (Lipinski definition) is 3. The van der Waals surface area contributed by atoms with Crippen LogP contribution in [-0.4, -0.2) is 18.1 Å². The zero-order valence-corrected chi connectivity index (χ0v) is 13.4. The topological polar surface area (TPSA) is 64.3 Å². The number of nitrogens with two attached hydrogens (primary N) is 1. The predicted molar refractivity (Wildman–Crippen MR) is 87.3 cm³/mol. The minimum atomic E-state index is -0.0114. The number of nitrogens with one attached hydrogen (secondary N) is 1. The first-order valence-electron chi connectivity index (χ1n) is 8.31. The van der Waals surface area contributed by atoms with E-state index in [0.717, 1.165) is 24.1 Å². The Kier molecular flexibility index (Phi) is 4.50. The Morgan fingerprint density at radius 1 is 1.27 bits per heavy atom. The molecule has 1 aromatic carbocycles. The van der Waals surface area contributed by atoms with E-state index in [4.69, 9.17) is 10.5 Å². The van der Waals surface area contributed by atoms with Crippen molar-refractivity contribution in [3.8, 4) is 0 Å². The molecule has 22 heavy (non-hydrogen) atoms. The van der Waals surface area contributed by atoms with Crippen LogP contribution < -0.4 is 11.1 Å². The SMILES string of the molecule is CC(C)OCc1ccc(NC(=O)C2C3CCC(C3)C2N)cc1. The van der Waals surface area contributed by atoms with E-state index in [-0.39, 0.29) is 24.0 Å². The molecule has 4 nitrogen and oxygen atoms in total. The van der Waals surface area contributed by atoms with Gasteiger partial charge in [0.15, 0.2) is 0 Å². The van der Waals surface area contributed by atoms with Gasteiger partial charge >= 0.3 is 0 Å². The Morgan fingerprint density at radius 3 is 2.55 bits per heavy atom. The molecule has 4 atom stereocenters. The molecule has 0 aromatic heterocycles. The molecule has 0 spiro atoms. The van der Waals surface area contributed by atoms with E-state index >= 15 is 0 Å². The molecule has 120 valence electrons. The van der Waals surface area contributed by atoms with Gasteiger partial charge in [-0.2, -0.15) is 0 Å². The molecule has 0 radical (unpaired) electrons. The first kappa shape index (κ1) is 15.5. The summed E-state index contributed by atoms with van der Waals surface area (Å²) in [5.41, 5.74) is 8.19. The number of carbonyl (C=O) groups excluding carboxylic acids is 1. The summed E-state index contributed by atoms with van der Waals surface area (Å²) in [7, 11) is 0. The maximum Gasteiger partial charge on any atom is 0.229 e. The first-order chi connectivity index (χ1) is 10.5. The van der Waals surface area contributed by atoms with Crippen LogP contribution in [0.2, 0.25) is 0 Å². The number of rotatable bonds is 5. The van der Waals surface area contributed by atoms with Crippen LogP contribution in [0.4, 0.5) is 5.69 Å². The molecule has 1 amide bonds. The van der Waals surface area contributed by atoms with E-state index in [0.29, 0.717) is 18.4 Å². The molecule has 2 aliphatic carbocycles. The molecular weight excluding hydrogens is 276 g/mol. The zero-order valence-electron chi connectivity index (χ0n) is 13.4. The molecular formula is C18H26N2O2. The molecule has 2 saturated carbocycles. The second-order valence-electron chi connectivity index (χ2n) is 6.98. The van der Waals surface area contributed by atoms with E-state index in [1.807, 2.05) is 38.1 Å². The van der Waals surface area contributed by atoms with Gasteiger partial charge in [-0.25, -0.2) is 0 Å². The van der Waals surface area contributed by atoms with Crippen molar-refractivity contribution >= 4 is 11.6 Å². The quantitative estimate of drug-likeness (QED) is 0.879. The number of hydrogen-bond donors (Lipinski definition) is 2. The van der Waals surface area contributed by atoms with Gasteiger partial charge in [-0.05, 0) is 62.6 Å². The summed E-state index contributed by atoms with van der Waals surface area (Å²) in [4.78, 5) is 12.5. The molecule has 3 rings (SSSR count). The maximum atomic E-state index is 12.5. The smallest absolute Gasteiger partial charge is 0.229 e. The van der Waals surface area contributed by atoms with Gasteiger partial charge in [0.05, 0.1) is 18.6 Å². The Balaban J connectivity index is 1.58. The molecule has 1 aromatic rings. The van der Waals surface area contributed by atoms with Crippen LogP contribution in [0.5, 0.6) is 0 Å². The Hall–Kier alpha value is -1.39. The average molecular weight is 302 g/mol. The standard InChI is InChI=1S/C18H26N2O2/c1-11(2)22-10-12-3-7-15(8-4-12)20-18(21)16-13-5-6-14(9-13)17(16)19/h3-4,7-8,11,13-14,16-17H,5-6,9-10,19H2,1-2H3,(H,20,21). The highest BCUT2D eigenvalue weighted by Gasteiger charge is 2.49. The summed E-state index contributed by atoms with van der Waals surface area (Å²) >= 11 is 0. The molecule has 0 saturated heterocycles. The largest absolute Gasteiger partial charge is 0.374 e. The Bertz CT molecular complexity index is 524. The van der Waals surface area contributed by atoms with E-state index in [1.54, 1.807) is 0 Å². The number of benzene rings is 1. The predicted octanol–water partition coefficient (Wildman–Crippen LogP) is 2.92. The van der Waals surface area contributed by atoms with Crippen molar-refractivity contribution in [1.82, 2.24) is 0 Å². The van der Waals surface area contributed by atoms with Crippen molar-refractivity contribution in [3.05, 3.63) is 29.8 Å². The fraction of sp³-hybridized carbons (Fsp3) is 0.611. The summed E-state index contributed by atoms with van der Waals surface area (Å²) in [6, 6.07) is 7.92. The van der Waals surface area contributed by atoms with Crippen molar-refractivity contribution < 1.29 is 9.53 Å². The minimum absolute atomic E-state index is 0.0114. The van der Waals surface area contributed by atoms with Crippen LogP contribution >= 0.6 is 0 Å². The van der Waals surface area contributed by atoms with Crippen LogP contribution in [-0.2, 0) is 16.1 Å². The fourth-order valence-corrected chi connectivity index (χ4v) is 3.90. The third-order valence-electron chi connectivity index (χ3n) is 5.09. The third kappa shape index (κ3) is 3.18. The van der Waals surface area contributed by atoms with Crippen molar-refractivity contribution in [3.63, 3.8) is 0 Å². The first-order valence-corrected chi connectivity index (χ1v) is 8.31. The summed E-state index contributed by atoms with van der Waals surface area (Å²) in [5.74, 6) is 1.11. The Labute approximate surface area is 132 Å². The molecule has 2 bridgehead atoms. The van der Waals surface area contributed by atoms with Gasteiger partial charge in [0.2, 0.25) is 5.91 Å². The fourth-order valence-electron chi connectivity index (χ4n) is 3.90. The number of anilines is 1. The summed E-state index contributed by atoms with van der Waals surface area (Å²) in [6.45, 7) is 4.64. The van der Waals surface area contributed by atoms with Gasteiger partial charge < -0.3 is 15.8 Å².